The number of amides is 2. The van der Waals surface area contributed by atoms with Gasteiger partial charge in [-0.15, -0.1) is 0 Å². The van der Waals surface area contributed by atoms with Crippen LogP contribution in [0.4, 0.5) is 0 Å². The summed E-state index contributed by atoms with van der Waals surface area (Å²) in [5.41, 5.74) is 0. The van der Waals surface area contributed by atoms with Crippen molar-refractivity contribution in [3.63, 3.8) is 0 Å². The van der Waals surface area contributed by atoms with Gasteiger partial charge >= 0.3 is 0 Å². The molecule has 1 atom stereocenters. The number of halogens is 1. The molecule has 1 aliphatic heterocycles. The fourth-order valence-electron chi connectivity index (χ4n) is 1.60. The van der Waals surface area contributed by atoms with E-state index in [9.17, 15) is 14.4 Å². The van der Waals surface area contributed by atoms with Gasteiger partial charge in [0.05, 0.1) is 3.92 Å². The summed E-state index contributed by atoms with van der Waals surface area (Å²) in [7, 11) is 0. The highest BCUT2D eigenvalue weighted by Crippen LogP contribution is 2.10. The van der Waals surface area contributed by atoms with E-state index in [1.165, 1.54) is 17.1 Å². The number of nitrogens with zero attached hydrogens (tertiary/aromatic N) is 1. The van der Waals surface area contributed by atoms with Gasteiger partial charge in [-0.05, 0) is 19.8 Å². The summed E-state index contributed by atoms with van der Waals surface area (Å²) in [5, 5.41) is 0. The summed E-state index contributed by atoms with van der Waals surface area (Å²) in [5.74, 6) is -0.195. The SMILES string of the molecule is C[C@@H](I)C(=O)CCCCCN1C(=O)C=CC1=O. The van der Waals surface area contributed by atoms with Crippen LogP contribution >= 0.6 is 22.6 Å². The Labute approximate surface area is 115 Å². The summed E-state index contributed by atoms with van der Waals surface area (Å²) >= 11 is 2.11. The van der Waals surface area contributed by atoms with E-state index in [4.69, 9.17) is 0 Å². The highest BCUT2D eigenvalue weighted by atomic mass is 127. The van der Waals surface area contributed by atoms with Gasteiger partial charge in [-0.1, -0.05) is 29.0 Å². The Morgan fingerprint density at radius 3 is 2.35 bits per heavy atom. The predicted molar refractivity (Wildman–Crippen MR) is 72.8 cm³/mol. The van der Waals surface area contributed by atoms with Crippen LogP contribution in [-0.2, 0) is 14.4 Å². The van der Waals surface area contributed by atoms with E-state index in [1.54, 1.807) is 0 Å². The standard InChI is InChI=1S/C12H16INO3/c1-9(13)10(15)5-3-2-4-8-14-11(16)6-7-12(14)17/h6-7,9H,2-5,8H2,1H3/t9-/m1/s1. The molecule has 0 unspecified atom stereocenters. The first-order valence-corrected chi connectivity index (χ1v) is 6.97. The Hall–Kier alpha value is -0.720. The minimum Gasteiger partial charge on any atom is -0.299 e. The van der Waals surface area contributed by atoms with E-state index in [-0.39, 0.29) is 21.5 Å². The molecule has 0 aromatic rings. The average molecular weight is 349 g/mol. The van der Waals surface area contributed by atoms with Gasteiger partial charge < -0.3 is 0 Å². The molecule has 4 nitrogen and oxygen atoms in total. The van der Waals surface area contributed by atoms with Crippen LogP contribution in [0.5, 0.6) is 0 Å². The summed E-state index contributed by atoms with van der Waals surface area (Å²) in [4.78, 5) is 35.0. The monoisotopic (exact) mass is 349 g/mol. The molecule has 0 fully saturated rings. The van der Waals surface area contributed by atoms with Crippen LogP contribution in [0.1, 0.15) is 32.6 Å². The molecule has 0 N–H and O–H groups in total. The zero-order chi connectivity index (χ0) is 12.8. The summed E-state index contributed by atoms with van der Waals surface area (Å²) in [6.07, 6.45) is 5.64. The number of carbonyl (C=O) groups is 3. The van der Waals surface area contributed by atoms with Gasteiger partial charge in [0.15, 0.2) is 0 Å². The third kappa shape index (κ3) is 4.57. The fourth-order valence-corrected chi connectivity index (χ4v) is 1.91. The van der Waals surface area contributed by atoms with E-state index in [0.29, 0.717) is 13.0 Å². The molecule has 0 aliphatic carbocycles. The van der Waals surface area contributed by atoms with Crippen LogP contribution in [0.25, 0.3) is 0 Å². The second-order valence-electron chi connectivity index (χ2n) is 4.05. The third-order valence-corrected chi connectivity index (χ3v) is 3.34. The summed E-state index contributed by atoms with van der Waals surface area (Å²) < 4.78 is 0.0681. The highest BCUT2D eigenvalue weighted by Gasteiger charge is 2.22. The van der Waals surface area contributed by atoms with Gasteiger partial charge in [0.25, 0.3) is 11.8 Å². The molecule has 1 aliphatic rings. The number of unbranched alkanes of at least 4 members (excludes halogenated alkanes) is 2. The van der Waals surface area contributed by atoms with Crippen LogP contribution in [0, 0.1) is 0 Å². The smallest absolute Gasteiger partial charge is 0.253 e. The van der Waals surface area contributed by atoms with Crippen molar-refractivity contribution in [2.45, 2.75) is 36.5 Å². The molecule has 0 radical (unpaired) electrons. The van der Waals surface area contributed by atoms with Gasteiger partial charge in [-0.25, -0.2) is 0 Å². The van der Waals surface area contributed by atoms with Gasteiger partial charge in [0.2, 0.25) is 0 Å². The number of Topliss-reactive ketones (excluding diaryl/α,β-unsaturated/α-hetero) is 1. The number of carbonyl (C=O) groups excluding carboxylic acids is 3. The minimum atomic E-state index is -0.230. The van der Waals surface area contributed by atoms with Gasteiger partial charge in [-0.3, -0.25) is 19.3 Å². The normalized spacial score (nSPS) is 16.7. The molecule has 0 aromatic heterocycles. The molecule has 2 amide bonds. The molecule has 0 saturated heterocycles. The topological polar surface area (TPSA) is 54.5 Å². The third-order valence-electron chi connectivity index (χ3n) is 2.65. The van der Waals surface area contributed by atoms with Crippen molar-refractivity contribution < 1.29 is 14.4 Å². The average Bonchev–Trinajstić information content (AvgIpc) is 2.59. The van der Waals surface area contributed by atoms with E-state index in [0.717, 1.165) is 19.3 Å². The van der Waals surface area contributed by atoms with Crippen LogP contribution in [0.15, 0.2) is 12.2 Å². The second-order valence-corrected chi connectivity index (χ2v) is 5.92. The molecular weight excluding hydrogens is 333 g/mol. The number of rotatable bonds is 7. The minimum absolute atomic E-state index is 0.0681. The maximum absolute atomic E-state index is 11.3. The number of hydrogen-bond acceptors (Lipinski definition) is 3. The fraction of sp³-hybridized carbons (Fsp3) is 0.583. The summed E-state index contributed by atoms with van der Waals surface area (Å²) in [6.45, 7) is 2.34. The maximum Gasteiger partial charge on any atom is 0.253 e. The number of ketones is 1. The van der Waals surface area contributed by atoms with E-state index < -0.39 is 0 Å². The number of hydrogen-bond donors (Lipinski definition) is 0. The van der Waals surface area contributed by atoms with Crippen molar-refractivity contribution in [2.75, 3.05) is 6.54 Å². The Bertz CT molecular complexity index is 332. The lowest BCUT2D eigenvalue weighted by atomic mass is 10.1. The van der Waals surface area contributed by atoms with E-state index in [2.05, 4.69) is 22.6 Å². The zero-order valence-corrected chi connectivity index (χ0v) is 12.0. The van der Waals surface area contributed by atoms with Crippen LogP contribution < -0.4 is 0 Å². The zero-order valence-electron chi connectivity index (χ0n) is 9.82. The Kier molecular flexibility index (Phi) is 5.80. The van der Waals surface area contributed by atoms with Crippen molar-refractivity contribution in [1.29, 1.82) is 0 Å². The molecule has 0 aromatic carbocycles. The van der Waals surface area contributed by atoms with E-state index in [1.807, 2.05) is 6.92 Å². The maximum atomic E-state index is 11.3. The number of imide groups is 1. The molecule has 0 spiro atoms. The van der Waals surface area contributed by atoms with Gasteiger partial charge in [-0.2, -0.15) is 0 Å². The molecule has 0 bridgehead atoms. The van der Waals surface area contributed by atoms with Crippen molar-refractivity contribution in [3.8, 4) is 0 Å². The lowest BCUT2D eigenvalue weighted by molar-refractivity contribution is -0.136. The summed E-state index contributed by atoms with van der Waals surface area (Å²) in [6, 6.07) is 0. The van der Waals surface area contributed by atoms with Crippen molar-refractivity contribution >= 4 is 40.2 Å². The molecule has 94 valence electrons. The first-order valence-electron chi connectivity index (χ1n) is 5.72. The molecule has 5 heteroatoms. The molecule has 1 rings (SSSR count). The molecule has 1 heterocycles. The number of alkyl halides is 1. The van der Waals surface area contributed by atoms with E-state index >= 15 is 0 Å². The molecule has 17 heavy (non-hydrogen) atoms. The first-order chi connectivity index (χ1) is 8.02. The first kappa shape index (κ1) is 14.3. The quantitative estimate of drug-likeness (QED) is 0.305. The predicted octanol–water partition coefficient (Wildman–Crippen LogP) is 1.86. The lowest BCUT2D eigenvalue weighted by Gasteiger charge is -2.13. The van der Waals surface area contributed by atoms with Crippen LogP contribution in [0.3, 0.4) is 0 Å². The molecule has 0 saturated carbocycles. The Morgan fingerprint density at radius 1 is 1.24 bits per heavy atom. The lowest BCUT2D eigenvalue weighted by Crippen LogP contribution is -2.30. The Balaban J connectivity index is 2.11. The van der Waals surface area contributed by atoms with Crippen molar-refractivity contribution in [3.05, 3.63) is 12.2 Å². The molecular formula is C12H16INO3. The second kappa shape index (κ2) is 6.88. The van der Waals surface area contributed by atoms with Crippen LogP contribution in [0.2, 0.25) is 0 Å². The highest BCUT2D eigenvalue weighted by molar-refractivity contribution is 14.1. The van der Waals surface area contributed by atoms with Crippen LogP contribution in [-0.4, -0.2) is 33.0 Å². The van der Waals surface area contributed by atoms with Crippen molar-refractivity contribution in [1.82, 2.24) is 4.90 Å². The van der Waals surface area contributed by atoms with Gasteiger partial charge in [0.1, 0.15) is 5.78 Å². The largest absolute Gasteiger partial charge is 0.299 e. The Morgan fingerprint density at radius 2 is 1.82 bits per heavy atom. The van der Waals surface area contributed by atoms with Gasteiger partial charge in [0, 0.05) is 25.1 Å². The van der Waals surface area contributed by atoms with Crippen molar-refractivity contribution in [2.24, 2.45) is 0 Å².